The molecule has 0 atom stereocenters. The average Bonchev–Trinajstić information content (AvgIpc) is 2.70. The van der Waals surface area contributed by atoms with Crippen molar-refractivity contribution >= 4 is 31.6 Å². The number of amides is 1. The first-order valence-electron chi connectivity index (χ1n) is 9.40. The number of anilines is 1. The topological polar surface area (TPSA) is 122 Å². The molecule has 0 aliphatic rings. The lowest BCUT2D eigenvalue weighted by molar-refractivity contribution is 0.102. The van der Waals surface area contributed by atoms with Crippen LogP contribution in [0, 0.1) is 13.8 Å². The molecule has 0 radical (unpaired) electrons. The van der Waals surface area contributed by atoms with E-state index in [1.54, 1.807) is 26.8 Å². The zero-order valence-electron chi connectivity index (χ0n) is 18.3. The van der Waals surface area contributed by atoms with Crippen LogP contribution in [0.25, 0.3) is 0 Å². The average molecular weight is 470 g/mol. The van der Waals surface area contributed by atoms with E-state index in [9.17, 15) is 21.6 Å². The molecule has 0 saturated carbocycles. The number of rotatable bonds is 8. The molecule has 2 rings (SSSR count). The zero-order chi connectivity index (χ0) is 23.6. The molecule has 1 amide bonds. The van der Waals surface area contributed by atoms with Gasteiger partial charge >= 0.3 is 0 Å². The number of aryl methyl sites for hydroxylation is 1. The smallest absolute Gasteiger partial charge is 0.255 e. The first-order chi connectivity index (χ1) is 14.3. The maximum atomic E-state index is 12.8. The third kappa shape index (κ3) is 5.24. The Labute approximate surface area is 183 Å². The van der Waals surface area contributed by atoms with Gasteiger partial charge in [0, 0.05) is 25.3 Å². The Morgan fingerprint density at radius 1 is 1.03 bits per heavy atom. The molecule has 170 valence electrons. The number of carbonyl (C=O) groups excluding carboxylic acids is 1. The van der Waals surface area contributed by atoms with Gasteiger partial charge in [-0.1, -0.05) is 0 Å². The van der Waals surface area contributed by atoms with Crippen LogP contribution in [0.1, 0.15) is 28.4 Å². The van der Waals surface area contributed by atoms with Crippen molar-refractivity contribution in [2.24, 2.45) is 0 Å². The number of nitrogens with one attached hydrogen (secondary N) is 2. The van der Waals surface area contributed by atoms with Crippen molar-refractivity contribution in [1.82, 2.24) is 9.03 Å². The van der Waals surface area contributed by atoms with E-state index in [0.717, 1.165) is 4.31 Å². The second kappa shape index (κ2) is 9.35. The van der Waals surface area contributed by atoms with E-state index in [1.807, 2.05) is 0 Å². The van der Waals surface area contributed by atoms with E-state index in [2.05, 4.69) is 10.0 Å². The van der Waals surface area contributed by atoms with Gasteiger partial charge in [-0.05, 0) is 69.3 Å². The van der Waals surface area contributed by atoms with Crippen LogP contribution in [0.4, 0.5) is 5.69 Å². The highest BCUT2D eigenvalue weighted by Crippen LogP contribution is 2.30. The summed E-state index contributed by atoms with van der Waals surface area (Å²) in [6.45, 7) is 5.37. The second-order valence-electron chi connectivity index (χ2n) is 6.96. The van der Waals surface area contributed by atoms with Gasteiger partial charge < -0.3 is 10.1 Å². The lowest BCUT2D eigenvalue weighted by Gasteiger charge is -2.17. The van der Waals surface area contributed by atoms with Crippen LogP contribution in [-0.4, -0.2) is 54.8 Å². The summed E-state index contributed by atoms with van der Waals surface area (Å²) in [5.41, 5.74) is 1.52. The molecule has 2 aromatic rings. The van der Waals surface area contributed by atoms with E-state index in [1.165, 1.54) is 45.4 Å². The van der Waals surface area contributed by atoms with E-state index < -0.39 is 26.0 Å². The highest BCUT2D eigenvalue weighted by Gasteiger charge is 2.24. The Balaban J connectivity index is 2.49. The molecule has 0 unspecified atom stereocenters. The van der Waals surface area contributed by atoms with Crippen LogP contribution in [0.15, 0.2) is 40.1 Å². The summed E-state index contributed by atoms with van der Waals surface area (Å²) in [5, 5.41) is 2.63. The minimum absolute atomic E-state index is 0.00252. The Morgan fingerprint density at radius 2 is 1.68 bits per heavy atom. The van der Waals surface area contributed by atoms with Crippen LogP contribution in [-0.2, 0) is 20.0 Å². The monoisotopic (exact) mass is 469 g/mol. The molecule has 0 aliphatic carbocycles. The van der Waals surface area contributed by atoms with E-state index in [-0.39, 0.29) is 33.4 Å². The van der Waals surface area contributed by atoms with Gasteiger partial charge in [-0.15, -0.1) is 0 Å². The predicted octanol–water partition coefficient (Wildman–Crippen LogP) is 2.11. The maximum Gasteiger partial charge on any atom is 0.255 e. The molecular weight excluding hydrogens is 442 g/mol. The van der Waals surface area contributed by atoms with Crippen LogP contribution in [0.5, 0.6) is 5.75 Å². The van der Waals surface area contributed by atoms with Crippen molar-refractivity contribution in [1.29, 1.82) is 0 Å². The Kier molecular flexibility index (Phi) is 7.48. The van der Waals surface area contributed by atoms with Gasteiger partial charge in [-0.3, -0.25) is 4.79 Å². The van der Waals surface area contributed by atoms with Gasteiger partial charge in [-0.25, -0.2) is 25.9 Å². The van der Waals surface area contributed by atoms with E-state index in [0.29, 0.717) is 11.1 Å². The van der Waals surface area contributed by atoms with Crippen LogP contribution in [0.3, 0.4) is 0 Å². The molecule has 2 aromatic carbocycles. The quantitative estimate of drug-likeness (QED) is 0.611. The summed E-state index contributed by atoms with van der Waals surface area (Å²) in [6, 6.07) is 7.15. The van der Waals surface area contributed by atoms with Crippen molar-refractivity contribution in [3.8, 4) is 5.75 Å². The Bertz CT molecular complexity index is 1210. The fourth-order valence-electron chi connectivity index (χ4n) is 2.81. The van der Waals surface area contributed by atoms with Gasteiger partial charge in [0.05, 0.1) is 11.5 Å². The molecule has 0 saturated heterocycles. The number of nitrogens with zero attached hydrogens (tertiary/aromatic N) is 1. The van der Waals surface area contributed by atoms with Gasteiger partial charge in [0.1, 0.15) is 10.6 Å². The molecule has 9 nitrogen and oxygen atoms in total. The lowest BCUT2D eigenvalue weighted by atomic mass is 10.1. The van der Waals surface area contributed by atoms with E-state index >= 15 is 0 Å². The van der Waals surface area contributed by atoms with Gasteiger partial charge in [-0.2, -0.15) is 0 Å². The number of ether oxygens (including phenoxy) is 1. The van der Waals surface area contributed by atoms with Gasteiger partial charge in [0.2, 0.25) is 20.0 Å². The third-order valence-electron chi connectivity index (χ3n) is 4.70. The molecule has 0 aromatic heterocycles. The second-order valence-corrected chi connectivity index (χ2v) is 10.9. The van der Waals surface area contributed by atoms with Gasteiger partial charge in [0.15, 0.2) is 0 Å². The predicted molar refractivity (Wildman–Crippen MR) is 119 cm³/mol. The Hall–Kier alpha value is -2.47. The van der Waals surface area contributed by atoms with Crippen LogP contribution >= 0.6 is 0 Å². The standard InChI is InChI=1S/C20H27N3O6S2/c1-7-29-17-9-8-16(12-19(17)31(27,28)23(5)6)22-20(24)15-10-13(2)14(3)18(11-15)30(25,26)21-4/h8-12,21H,7H2,1-6H3,(H,22,24). The molecule has 0 fully saturated rings. The number of benzene rings is 2. The fraction of sp³-hybridized carbons (Fsp3) is 0.350. The minimum Gasteiger partial charge on any atom is -0.492 e. The van der Waals surface area contributed by atoms with Crippen molar-refractivity contribution in [3.63, 3.8) is 0 Å². The highest BCUT2D eigenvalue weighted by molar-refractivity contribution is 7.89. The zero-order valence-corrected chi connectivity index (χ0v) is 19.9. The first kappa shape index (κ1) is 24.8. The number of hydrogen-bond donors (Lipinski definition) is 2. The SMILES string of the molecule is CCOc1ccc(NC(=O)c2cc(C)c(C)c(S(=O)(=O)NC)c2)cc1S(=O)(=O)N(C)C. The molecule has 0 bridgehead atoms. The van der Waals surface area contributed by atoms with Crippen LogP contribution in [0.2, 0.25) is 0 Å². The molecule has 0 heterocycles. The minimum atomic E-state index is -3.83. The Morgan fingerprint density at radius 3 is 2.23 bits per heavy atom. The fourth-order valence-corrected chi connectivity index (χ4v) is 4.93. The third-order valence-corrected chi connectivity index (χ3v) is 8.08. The summed E-state index contributed by atoms with van der Waals surface area (Å²) in [6.07, 6.45) is 0. The highest BCUT2D eigenvalue weighted by atomic mass is 32.2. The summed E-state index contributed by atoms with van der Waals surface area (Å²) in [7, 11) is -3.49. The maximum absolute atomic E-state index is 12.8. The molecule has 0 aliphatic heterocycles. The van der Waals surface area contributed by atoms with Gasteiger partial charge in [0.25, 0.3) is 5.91 Å². The lowest BCUT2D eigenvalue weighted by Crippen LogP contribution is -2.23. The summed E-state index contributed by atoms with van der Waals surface area (Å²) >= 11 is 0. The summed E-state index contributed by atoms with van der Waals surface area (Å²) in [4.78, 5) is 12.7. The molecule has 2 N–H and O–H groups in total. The number of carbonyl (C=O) groups is 1. The molecule has 31 heavy (non-hydrogen) atoms. The summed E-state index contributed by atoms with van der Waals surface area (Å²) < 4.78 is 58.6. The van der Waals surface area contributed by atoms with Crippen LogP contribution < -0.4 is 14.8 Å². The first-order valence-corrected chi connectivity index (χ1v) is 12.3. The normalized spacial score (nSPS) is 12.1. The molecule has 0 spiro atoms. The number of sulfonamides is 2. The number of hydrogen-bond acceptors (Lipinski definition) is 6. The molecule has 11 heteroatoms. The van der Waals surface area contributed by atoms with Crippen molar-refractivity contribution < 1.29 is 26.4 Å². The summed E-state index contributed by atoms with van der Waals surface area (Å²) in [5.74, 6) is -0.407. The van der Waals surface area contributed by atoms with Crippen molar-refractivity contribution in [2.45, 2.75) is 30.6 Å². The van der Waals surface area contributed by atoms with E-state index in [4.69, 9.17) is 4.74 Å². The molecular formula is C20H27N3O6S2. The largest absolute Gasteiger partial charge is 0.492 e. The van der Waals surface area contributed by atoms with Crippen molar-refractivity contribution in [3.05, 3.63) is 47.0 Å². The van der Waals surface area contributed by atoms with Crippen molar-refractivity contribution in [2.75, 3.05) is 33.1 Å².